The van der Waals surface area contributed by atoms with E-state index in [2.05, 4.69) is 12.2 Å². The average molecular weight is 251 g/mol. The SMILES string of the molecule is CCCNCC1CCOC1c1cc(F)ccc1C. The molecule has 0 saturated carbocycles. The highest BCUT2D eigenvalue weighted by Crippen LogP contribution is 2.35. The lowest BCUT2D eigenvalue weighted by Gasteiger charge is -2.21. The van der Waals surface area contributed by atoms with Crippen LogP contribution in [-0.2, 0) is 4.74 Å². The van der Waals surface area contributed by atoms with Gasteiger partial charge in [-0.15, -0.1) is 0 Å². The zero-order chi connectivity index (χ0) is 13.0. The molecule has 18 heavy (non-hydrogen) atoms. The van der Waals surface area contributed by atoms with Gasteiger partial charge in [0.2, 0.25) is 0 Å². The highest BCUT2D eigenvalue weighted by molar-refractivity contribution is 5.29. The van der Waals surface area contributed by atoms with Gasteiger partial charge in [0.1, 0.15) is 5.82 Å². The highest BCUT2D eigenvalue weighted by atomic mass is 19.1. The fourth-order valence-electron chi connectivity index (χ4n) is 2.57. The molecule has 2 nitrogen and oxygen atoms in total. The molecule has 1 fully saturated rings. The van der Waals surface area contributed by atoms with Crippen molar-refractivity contribution < 1.29 is 9.13 Å². The molecule has 2 rings (SSSR count). The molecule has 1 heterocycles. The van der Waals surface area contributed by atoms with Crippen molar-refractivity contribution in [2.45, 2.75) is 32.8 Å². The number of rotatable bonds is 5. The van der Waals surface area contributed by atoms with Crippen LogP contribution in [0.2, 0.25) is 0 Å². The number of ether oxygens (including phenoxy) is 1. The minimum Gasteiger partial charge on any atom is -0.373 e. The molecule has 1 aliphatic heterocycles. The van der Waals surface area contributed by atoms with E-state index in [1.165, 1.54) is 6.07 Å². The Morgan fingerprint density at radius 2 is 2.28 bits per heavy atom. The summed E-state index contributed by atoms with van der Waals surface area (Å²) in [5, 5.41) is 3.44. The normalized spacial score (nSPS) is 23.5. The van der Waals surface area contributed by atoms with Crippen LogP contribution >= 0.6 is 0 Å². The maximum absolute atomic E-state index is 13.4. The Bertz CT molecular complexity index is 394. The molecule has 2 unspecified atom stereocenters. The Hall–Kier alpha value is -0.930. The van der Waals surface area contributed by atoms with Crippen LogP contribution in [0.15, 0.2) is 18.2 Å². The van der Waals surface area contributed by atoms with E-state index in [9.17, 15) is 4.39 Å². The number of hydrogen-bond acceptors (Lipinski definition) is 2. The first kappa shape index (κ1) is 13.5. The zero-order valence-corrected chi connectivity index (χ0v) is 11.2. The lowest BCUT2D eigenvalue weighted by Crippen LogP contribution is -2.25. The van der Waals surface area contributed by atoms with Crippen LogP contribution in [0.3, 0.4) is 0 Å². The fourth-order valence-corrected chi connectivity index (χ4v) is 2.57. The van der Waals surface area contributed by atoms with Crippen molar-refractivity contribution in [3.63, 3.8) is 0 Å². The first-order valence-electron chi connectivity index (χ1n) is 6.80. The van der Waals surface area contributed by atoms with E-state index < -0.39 is 0 Å². The summed E-state index contributed by atoms with van der Waals surface area (Å²) >= 11 is 0. The molecular weight excluding hydrogens is 229 g/mol. The second-order valence-electron chi connectivity index (χ2n) is 5.05. The summed E-state index contributed by atoms with van der Waals surface area (Å²) in [5.41, 5.74) is 2.12. The Morgan fingerprint density at radius 3 is 3.06 bits per heavy atom. The van der Waals surface area contributed by atoms with Crippen LogP contribution in [0.1, 0.15) is 37.0 Å². The van der Waals surface area contributed by atoms with Crippen molar-refractivity contribution in [1.29, 1.82) is 0 Å². The molecule has 0 amide bonds. The van der Waals surface area contributed by atoms with Crippen LogP contribution in [0.4, 0.5) is 4.39 Å². The van der Waals surface area contributed by atoms with E-state index >= 15 is 0 Å². The van der Waals surface area contributed by atoms with Gasteiger partial charge in [-0.05, 0) is 49.6 Å². The van der Waals surface area contributed by atoms with Crippen LogP contribution in [0, 0.1) is 18.7 Å². The van der Waals surface area contributed by atoms with Gasteiger partial charge in [-0.25, -0.2) is 4.39 Å². The highest BCUT2D eigenvalue weighted by Gasteiger charge is 2.30. The Morgan fingerprint density at radius 1 is 1.44 bits per heavy atom. The van der Waals surface area contributed by atoms with Gasteiger partial charge in [0, 0.05) is 19.1 Å². The maximum atomic E-state index is 13.4. The minimum absolute atomic E-state index is 0.0463. The van der Waals surface area contributed by atoms with E-state index in [1.54, 1.807) is 6.07 Å². The number of nitrogens with one attached hydrogen (secondary N) is 1. The third kappa shape index (κ3) is 3.09. The monoisotopic (exact) mass is 251 g/mol. The molecule has 1 aromatic rings. The third-order valence-corrected chi connectivity index (χ3v) is 3.60. The van der Waals surface area contributed by atoms with Gasteiger partial charge in [0.25, 0.3) is 0 Å². The number of benzene rings is 1. The van der Waals surface area contributed by atoms with Crippen LogP contribution in [0.25, 0.3) is 0 Å². The molecule has 3 heteroatoms. The van der Waals surface area contributed by atoms with Crippen LogP contribution in [-0.4, -0.2) is 19.7 Å². The molecule has 2 atom stereocenters. The Kier molecular flexibility index (Phi) is 4.72. The molecule has 0 aliphatic carbocycles. The predicted molar refractivity (Wildman–Crippen MR) is 71.1 cm³/mol. The minimum atomic E-state index is -0.175. The summed E-state index contributed by atoms with van der Waals surface area (Å²) in [4.78, 5) is 0. The zero-order valence-electron chi connectivity index (χ0n) is 11.2. The van der Waals surface area contributed by atoms with Gasteiger partial charge < -0.3 is 10.1 Å². The van der Waals surface area contributed by atoms with Gasteiger partial charge in [0.15, 0.2) is 0 Å². The molecule has 1 N–H and O–H groups in total. The van der Waals surface area contributed by atoms with E-state index in [4.69, 9.17) is 4.74 Å². The van der Waals surface area contributed by atoms with Gasteiger partial charge in [-0.1, -0.05) is 13.0 Å². The van der Waals surface area contributed by atoms with Crippen molar-refractivity contribution in [1.82, 2.24) is 5.32 Å². The van der Waals surface area contributed by atoms with Crippen molar-refractivity contribution in [3.05, 3.63) is 35.1 Å². The van der Waals surface area contributed by atoms with Crippen LogP contribution < -0.4 is 5.32 Å². The molecular formula is C15H22FNO. The van der Waals surface area contributed by atoms with Gasteiger partial charge >= 0.3 is 0 Å². The van der Waals surface area contributed by atoms with E-state index in [0.717, 1.165) is 43.7 Å². The van der Waals surface area contributed by atoms with Gasteiger partial charge in [-0.3, -0.25) is 0 Å². The molecule has 0 spiro atoms. The van der Waals surface area contributed by atoms with Gasteiger partial charge in [0.05, 0.1) is 6.10 Å². The molecule has 0 bridgehead atoms. The summed E-state index contributed by atoms with van der Waals surface area (Å²) < 4.78 is 19.2. The quantitative estimate of drug-likeness (QED) is 0.811. The number of halogens is 1. The van der Waals surface area contributed by atoms with E-state index in [0.29, 0.717) is 5.92 Å². The molecule has 0 aromatic heterocycles. The summed E-state index contributed by atoms with van der Waals surface area (Å²) in [5.74, 6) is 0.281. The number of aryl methyl sites for hydroxylation is 1. The summed E-state index contributed by atoms with van der Waals surface area (Å²) in [6.07, 6.45) is 2.24. The maximum Gasteiger partial charge on any atom is 0.123 e. The Balaban J connectivity index is 2.08. The van der Waals surface area contributed by atoms with E-state index in [-0.39, 0.29) is 11.9 Å². The van der Waals surface area contributed by atoms with E-state index in [1.807, 2.05) is 13.0 Å². The van der Waals surface area contributed by atoms with Gasteiger partial charge in [-0.2, -0.15) is 0 Å². The molecule has 1 aliphatic rings. The number of hydrogen-bond donors (Lipinski definition) is 1. The lowest BCUT2D eigenvalue weighted by molar-refractivity contribution is 0.0898. The second kappa shape index (κ2) is 6.30. The fraction of sp³-hybridized carbons (Fsp3) is 0.600. The molecule has 1 saturated heterocycles. The standard InChI is InChI=1S/C15H22FNO/c1-3-7-17-10-12-6-8-18-15(12)14-9-13(16)5-4-11(14)2/h4-5,9,12,15,17H,3,6-8,10H2,1-2H3. The molecule has 100 valence electrons. The topological polar surface area (TPSA) is 21.3 Å². The first-order valence-corrected chi connectivity index (χ1v) is 6.80. The predicted octanol–water partition coefficient (Wildman–Crippen LogP) is 3.21. The van der Waals surface area contributed by atoms with Crippen molar-refractivity contribution in [2.75, 3.05) is 19.7 Å². The summed E-state index contributed by atoms with van der Waals surface area (Å²) in [6, 6.07) is 4.97. The second-order valence-corrected chi connectivity index (χ2v) is 5.05. The lowest BCUT2D eigenvalue weighted by atomic mass is 9.92. The van der Waals surface area contributed by atoms with Crippen molar-refractivity contribution in [3.8, 4) is 0 Å². The van der Waals surface area contributed by atoms with Crippen molar-refractivity contribution >= 4 is 0 Å². The third-order valence-electron chi connectivity index (χ3n) is 3.60. The summed E-state index contributed by atoms with van der Waals surface area (Å²) in [7, 11) is 0. The average Bonchev–Trinajstić information content (AvgIpc) is 2.81. The van der Waals surface area contributed by atoms with Crippen molar-refractivity contribution in [2.24, 2.45) is 5.92 Å². The molecule has 1 aromatic carbocycles. The Labute approximate surface area is 109 Å². The van der Waals surface area contributed by atoms with Crippen LogP contribution in [0.5, 0.6) is 0 Å². The molecule has 0 radical (unpaired) electrons. The smallest absolute Gasteiger partial charge is 0.123 e. The summed E-state index contributed by atoms with van der Waals surface area (Å²) in [6.45, 7) is 6.94. The first-order chi connectivity index (χ1) is 8.72. The largest absolute Gasteiger partial charge is 0.373 e.